The number of halogens is 7. The van der Waals surface area contributed by atoms with Crippen LogP contribution in [0.2, 0.25) is 0 Å². The van der Waals surface area contributed by atoms with Gasteiger partial charge in [0, 0.05) is 17.7 Å². The third kappa shape index (κ3) is 3.32. The standard InChI is InChI=1S/C14H7ClF6/c15-13(12-10(17)5-9(16)6-11(12)18)7-2-1-3-8(4-7)14(19,20)21/h1-6,13H. The van der Waals surface area contributed by atoms with Crippen LogP contribution in [0.3, 0.4) is 0 Å². The molecule has 0 saturated carbocycles. The van der Waals surface area contributed by atoms with E-state index in [1.165, 1.54) is 6.07 Å². The fourth-order valence-corrected chi connectivity index (χ4v) is 2.18. The second-order valence-electron chi connectivity index (χ2n) is 4.27. The first kappa shape index (κ1) is 15.7. The zero-order valence-corrected chi connectivity index (χ0v) is 10.9. The highest BCUT2D eigenvalue weighted by Crippen LogP contribution is 2.36. The van der Waals surface area contributed by atoms with Gasteiger partial charge in [-0.25, -0.2) is 13.2 Å². The summed E-state index contributed by atoms with van der Waals surface area (Å²) >= 11 is 5.85. The number of alkyl halides is 4. The first-order valence-electron chi connectivity index (χ1n) is 5.66. The molecule has 2 aromatic rings. The van der Waals surface area contributed by atoms with Crippen molar-refractivity contribution in [3.05, 3.63) is 70.5 Å². The van der Waals surface area contributed by atoms with Crippen LogP contribution in [0.15, 0.2) is 36.4 Å². The van der Waals surface area contributed by atoms with Gasteiger partial charge in [-0.1, -0.05) is 12.1 Å². The Kier molecular flexibility index (Phi) is 4.18. The maximum Gasteiger partial charge on any atom is 0.416 e. The van der Waals surface area contributed by atoms with E-state index in [-0.39, 0.29) is 5.56 Å². The molecule has 0 bridgehead atoms. The molecule has 1 atom stereocenters. The highest BCUT2D eigenvalue weighted by molar-refractivity contribution is 6.22. The van der Waals surface area contributed by atoms with E-state index in [2.05, 4.69) is 0 Å². The van der Waals surface area contributed by atoms with Gasteiger partial charge in [0.2, 0.25) is 0 Å². The molecule has 0 fully saturated rings. The average Bonchev–Trinajstić information content (AvgIpc) is 2.36. The summed E-state index contributed by atoms with van der Waals surface area (Å²) in [6.45, 7) is 0. The average molecular weight is 325 g/mol. The van der Waals surface area contributed by atoms with Gasteiger partial charge in [0.05, 0.1) is 10.9 Å². The van der Waals surface area contributed by atoms with E-state index >= 15 is 0 Å². The molecular formula is C14H7ClF6. The highest BCUT2D eigenvalue weighted by atomic mass is 35.5. The molecule has 21 heavy (non-hydrogen) atoms. The minimum atomic E-state index is -4.60. The van der Waals surface area contributed by atoms with Crippen LogP contribution in [0.25, 0.3) is 0 Å². The molecule has 0 spiro atoms. The van der Waals surface area contributed by atoms with Gasteiger partial charge in [-0.05, 0) is 17.7 Å². The van der Waals surface area contributed by atoms with Crippen LogP contribution in [-0.2, 0) is 6.18 Å². The van der Waals surface area contributed by atoms with Gasteiger partial charge in [-0.15, -0.1) is 11.6 Å². The van der Waals surface area contributed by atoms with Crippen molar-refractivity contribution in [1.29, 1.82) is 0 Å². The Morgan fingerprint density at radius 1 is 0.905 bits per heavy atom. The van der Waals surface area contributed by atoms with Crippen molar-refractivity contribution >= 4 is 11.6 Å². The SMILES string of the molecule is Fc1cc(F)c(C(Cl)c2cccc(C(F)(F)F)c2)c(F)c1. The summed E-state index contributed by atoms with van der Waals surface area (Å²) in [6.07, 6.45) is -4.60. The van der Waals surface area contributed by atoms with E-state index in [9.17, 15) is 26.3 Å². The van der Waals surface area contributed by atoms with Crippen LogP contribution in [-0.4, -0.2) is 0 Å². The zero-order valence-electron chi connectivity index (χ0n) is 10.2. The Balaban J connectivity index is 2.48. The Bertz CT molecular complexity index is 642. The quantitative estimate of drug-likeness (QED) is 0.509. The summed E-state index contributed by atoms with van der Waals surface area (Å²) in [4.78, 5) is 0. The van der Waals surface area contributed by atoms with Crippen molar-refractivity contribution in [2.75, 3.05) is 0 Å². The number of hydrogen-bond donors (Lipinski definition) is 0. The van der Waals surface area contributed by atoms with Gasteiger partial charge < -0.3 is 0 Å². The van der Waals surface area contributed by atoms with Crippen LogP contribution in [0.4, 0.5) is 26.3 Å². The topological polar surface area (TPSA) is 0 Å². The summed E-state index contributed by atoms with van der Waals surface area (Å²) in [6, 6.07) is 4.62. The zero-order chi connectivity index (χ0) is 15.8. The van der Waals surface area contributed by atoms with Crippen molar-refractivity contribution in [3.63, 3.8) is 0 Å². The van der Waals surface area contributed by atoms with Crippen LogP contribution >= 0.6 is 11.6 Å². The first-order valence-corrected chi connectivity index (χ1v) is 6.09. The summed E-state index contributed by atoms with van der Waals surface area (Å²) < 4.78 is 77.8. The smallest absolute Gasteiger partial charge is 0.207 e. The van der Waals surface area contributed by atoms with Crippen molar-refractivity contribution in [2.45, 2.75) is 11.6 Å². The van der Waals surface area contributed by atoms with Crippen LogP contribution in [0.1, 0.15) is 22.1 Å². The minimum absolute atomic E-state index is 0.143. The summed E-state index contributed by atoms with van der Waals surface area (Å²) in [5.41, 5.74) is -1.83. The molecular weight excluding hydrogens is 318 g/mol. The third-order valence-corrected chi connectivity index (χ3v) is 3.27. The van der Waals surface area contributed by atoms with Gasteiger partial charge in [-0.2, -0.15) is 13.2 Å². The molecule has 0 heterocycles. The fraction of sp³-hybridized carbons (Fsp3) is 0.143. The first-order chi connectivity index (χ1) is 9.70. The molecule has 0 saturated heterocycles. The normalized spacial score (nSPS) is 13.3. The minimum Gasteiger partial charge on any atom is -0.207 e. The third-order valence-electron chi connectivity index (χ3n) is 2.80. The van der Waals surface area contributed by atoms with Crippen molar-refractivity contribution < 1.29 is 26.3 Å². The van der Waals surface area contributed by atoms with Crippen molar-refractivity contribution in [2.24, 2.45) is 0 Å². The molecule has 112 valence electrons. The summed E-state index contributed by atoms with van der Waals surface area (Å²) in [5.74, 6) is -3.66. The molecule has 0 radical (unpaired) electrons. The Morgan fingerprint density at radius 2 is 1.48 bits per heavy atom. The van der Waals surface area contributed by atoms with Crippen LogP contribution in [0, 0.1) is 17.5 Å². The van der Waals surface area contributed by atoms with Crippen molar-refractivity contribution in [1.82, 2.24) is 0 Å². The summed E-state index contributed by atoms with van der Waals surface area (Å²) in [5, 5.41) is -1.51. The summed E-state index contributed by atoms with van der Waals surface area (Å²) in [7, 11) is 0. The lowest BCUT2D eigenvalue weighted by molar-refractivity contribution is -0.137. The Labute approximate surface area is 121 Å². The van der Waals surface area contributed by atoms with Gasteiger partial charge in [-0.3, -0.25) is 0 Å². The lowest BCUT2D eigenvalue weighted by atomic mass is 10.0. The van der Waals surface area contributed by atoms with E-state index in [0.717, 1.165) is 12.1 Å². The monoisotopic (exact) mass is 324 g/mol. The van der Waals surface area contributed by atoms with Crippen LogP contribution < -0.4 is 0 Å². The maximum absolute atomic E-state index is 13.6. The largest absolute Gasteiger partial charge is 0.416 e. The molecule has 0 aromatic heterocycles. The lowest BCUT2D eigenvalue weighted by Gasteiger charge is -2.14. The Morgan fingerprint density at radius 3 is 2.00 bits per heavy atom. The van der Waals surface area contributed by atoms with Crippen molar-refractivity contribution in [3.8, 4) is 0 Å². The predicted octanol–water partition coefficient (Wildman–Crippen LogP) is 5.45. The van der Waals surface area contributed by atoms with Gasteiger partial charge >= 0.3 is 6.18 Å². The lowest BCUT2D eigenvalue weighted by Crippen LogP contribution is -2.07. The molecule has 2 aromatic carbocycles. The molecule has 0 N–H and O–H groups in total. The molecule has 0 aliphatic carbocycles. The molecule has 0 aliphatic rings. The van der Waals surface area contributed by atoms with E-state index < -0.39 is 40.1 Å². The van der Waals surface area contributed by atoms with E-state index in [0.29, 0.717) is 18.2 Å². The van der Waals surface area contributed by atoms with E-state index in [1.54, 1.807) is 0 Å². The number of hydrogen-bond acceptors (Lipinski definition) is 0. The maximum atomic E-state index is 13.6. The molecule has 1 unspecified atom stereocenters. The molecule has 0 amide bonds. The van der Waals surface area contributed by atoms with Crippen LogP contribution in [0.5, 0.6) is 0 Å². The fourth-order valence-electron chi connectivity index (χ4n) is 1.83. The van der Waals surface area contributed by atoms with Gasteiger partial charge in [0.1, 0.15) is 17.5 Å². The molecule has 0 nitrogen and oxygen atoms in total. The van der Waals surface area contributed by atoms with E-state index in [4.69, 9.17) is 11.6 Å². The highest BCUT2D eigenvalue weighted by Gasteiger charge is 2.31. The van der Waals surface area contributed by atoms with Gasteiger partial charge in [0.25, 0.3) is 0 Å². The number of rotatable bonds is 2. The second-order valence-corrected chi connectivity index (χ2v) is 4.71. The molecule has 2 rings (SSSR count). The van der Waals surface area contributed by atoms with Gasteiger partial charge in [0.15, 0.2) is 0 Å². The molecule has 0 aliphatic heterocycles. The van der Waals surface area contributed by atoms with E-state index in [1.807, 2.05) is 0 Å². The Hall–Kier alpha value is -1.69. The second kappa shape index (κ2) is 5.60. The molecule has 7 heteroatoms. The number of benzene rings is 2. The predicted molar refractivity (Wildman–Crippen MR) is 65.5 cm³/mol.